The van der Waals surface area contributed by atoms with Gasteiger partial charge < -0.3 is 5.73 Å². The first-order valence-corrected chi connectivity index (χ1v) is 6.33. The molecule has 0 saturated heterocycles. The van der Waals surface area contributed by atoms with E-state index in [1.165, 1.54) is 6.26 Å². The summed E-state index contributed by atoms with van der Waals surface area (Å²) in [5.41, 5.74) is 7.50. The zero-order chi connectivity index (χ0) is 11.5. The van der Waals surface area contributed by atoms with Gasteiger partial charge in [-0.15, -0.1) is 4.36 Å². The van der Waals surface area contributed by atoms with Crippen LogP contribution in [-0.4, -0.2) is 10.5 Å². The molecular formula is C10H13N3OS. The molecule has 0 amide bonds. The van der Waals surface area contributed by atoms with Crippen LogP contribution in [-0.2, 0) is 16.3 Å². The Hall–Kier alpha value is -1.38. The Morgan fingerprint density at radius 2 is 2.27 bits per heavy atom. The minimum atomic E-state index is -2.58. The van der Waals surface area contributed by atoms with Crippen molar-refractivity contribution in [2.45, 2.75) is 18.4 Å². The van der Waals surface area contributed by atoms with E-state index in [0.717, 1.165) is 11.1 Å². The van der Waals surface area contributed by atoms with Gasteiger partial charge >= 0.3 is 0 Å². The predicted octanol–water partition coefficient (Wildman–Crippen LogP) is 1.39. The lowest BCUT2D eigenvalue weighted by Gasteiger charge is -2.06. The first kappa shape index (κ1) is 11.7. The second-order valence-electron chi connectivity index (χ2n) is 3.29. The van der Waals surface area contributed by atoms with Crippen molar-refractivity contribution in [3.05, 3.63) is 29.3 Å². The molecule has 0 heterocycles. The van der Waals surface area contributed by atoms with Crippen LogP contribution in [0.5, 0.6) is 0 Å². The standard InChI is InChI=1S/C10H13N3OS/c1-8-5-10(4-3-9(8)6-11)15(2,14)13-7-12/h3-5H,6,11H2,1-2H3/t15-/m0/s1. The van der Waals surface area contributed by atoms with Gasteiger partial charge in [0.05, 0.1) is 9.73 Å². The van der Waals surface area contributed by atoms with Crippen LogP contribution in [0.4, 0.5) is 0 Å². The smallest absolute Gasteiger partial charge is 0.214 e. The Labute approximate surface area is 89.9 Å². The van der Waals surface area contributed by atoms with Crippen molar-refractivity contribution in [3.63, 3.8) is 0 Å². The van der Waals surface area contributed by atoms with Crippen molar-refractivity contribution in [3.8, 4) is 6.19 Å². The van der Waals surface area contributed by atoms with Gasteiger partial charge in [-0.05, 0) is 30.2 Å². The van der Waals surface area contributed by atoms with E-state index in [1.54, 1.807) is 18.3 Å². The van der Waals surface area contributed by atoms with E-state index in [4.69, 9.17) is 11.0 Å². The molecule has 0 radical (unpaired) electrons. The van der Waals surface area contributed by atoms with Gasteiger partial charge in [-0.1, -0.05) is 6.07 Å². The number of hydrogen-bond donors (Lipinski definition) is 1. The Kier molecular flexibility index (Phi) is 3.45. The third kappa shape index (κ3) is 2.55. The maximum absolute atomic E-state index is 11.9. The molecule has 1 atom stereocenters. The van der Waals surface area contributed by atoms with Crippen molar-refractivity contribution in [2.24, 2.45) is 10.1 Å². The van der Waals surface area contributed by atoms with Crippen LogP contribution >= 0.6 is 0 Å². The summed E-state index contributed by atoms with van der Waals surface area (Å²) in [6.07, 6.45) is 3.03. The average Bonchev–Trinajstić information content (AvgIpc) is 2.17. The zero-order valence-electron chi connectivity index (χ0n) is 8.73. The normalized spacial score (nSPS) is 14.0. The maximum Gasteiger partial charge on any atom is 0.214 e. The third-order valence-electron chi connectivity index (χ3n) is 2.19. The fraction of sp³-hybridized carbons (Fsp3) is 0.300. The third-order valence-corrected chi connectivity index (χ3v) is 3.74. The molecule has 80 valence electrons. The monoisotopic (exact) mass is 223 g/mol. The number of nitriles is 1. The van der Waals surface area contributed by atoms with Crippen LogP contribution in [0.3, 0.4) is 0 Å². The fourth-order valence-electron chi connectivity index (χ4n) is 1.26. The van der Waals surface area contributed by atoms with Crippen LogP contribution in [0.25, 0.3) is 0 Å². The van der Waals surface area contributed by atoms with E-state index in [0.29, 0.717) is 11.4 Å². The summed E-state index contributed by atoms with van der Waals surface area (Å²) in [6, 6.07) is 5.30. The predicted molar refractivity (Wildman–Crippen MR) is 59.4 cm³/mol. The maximum atomic E-state index is 11.9. The number of benzene rings is 1. The number of nitrogens with two attached hydrogens (primary N) is 1. The molecule has 0 spiro atoms. The molecule has 0 saturated carbocycles. The second-order valence-corrected chi connectivity index (χ2v) is 5.55. The molecule has 4 nitrogen and oxygen atoms in total. The summed E-state index contributed by atoms with van der Waals surface area (Å²) in [5, 5.41) is 8.42. The van der Waals surface area contributed by atoms with Gasteiger partial charge in [-0.3, -0.25) is 0 Å². The molecule has 0 aromatic heterocycles. The molecule has 0 aliphatic heterocycles. The molecule has 0 unspecified atom stereocenters. The van der Waals surface area contributed by atoms with E-state index in [1.807, 2.05) is 13.0 Å². The number of nitrogens with zero attached hydrogens (tertiary/aromatic N) is 2. The van der Waals surface area contributed by atoms with E-state index < -0.39 is 9.73 Å². The van der Waals surface area contributed by atoms with Gasteiger partial charge in [-0.2, -0.15) is 5.26 Å². The largest absolute Gasteiger partial charge is 0.326 e. The Balaban J connectivity index is 3.33. The number of hydrogen-bond acceptors (Lipinski definition) is 4. The highest BCUT2D eigenvalue weighted by Gasteiger charge is 2.07. The van der Waals surface area contributed by atoms with Crippen LogP contribution in [0, 0.1) is 18.4 Å². The highest BCUT2D eigenvalue weighted by Crippen LogP contribution is 2.16. The molecule has 1 rings (SSSR count). The van der Waals surface area contributed by atoms with E-state index in [9.17, 15) is 4.21 Å². The number of aryl methyl sites for hydroxylation is 1. The van der Waals surface area contributed by atoms with Crippen LogP contribution < -0.4 is 5.73 Å². The Morgan fingerprint density at radius 3 is 2.73 bits per heavy atom. The van der Waals surface area contributed by atoms with Gasteiger partial charge in [0, 0.05) is 17.7 Å². The molecule has 0 aliphatic carbocycles. The summed E-state index contributed by atoms with van der Waals surface area (Å²) in [4.78, 5) is 0.568. The highest BCUT2D eigenvalue weighted by molar-refractivity contribution is 7.93. The summed E-state index contributed by atoms with van der Waals surface area (Å²) in [7, 11) is -2.58. The molecule has 5 heteroatoms. The van der Waals surface area contributed by atoms with Crippen molar-refractivity contribution in [1.82, 2.24) is 0 Å². The van der Waals surface area contributed by atoms with Crippen LogP contribution in [0.15, 0.2) is 27.5 Å². The van der Waals surface area contributed by atoms with Gasteiger partial charge in [0.15, 0.2) is 0 Å². The van der Waals surface area contributed by atoms with E-state index in [-0.39, 0.29) is 0 Å². The minimum absolute atomic E-state index is 0.451. The number of rotatable bonds is 2. The molecule has 15 heavy (non-hydrogen) atoms. The summed E-state index contributed by atoms with van der Waals surface area (Å²) in [6.45, 7) is 2.35. The van der Waals surface area contributed by atoms with Crippen molar-refractivity contribution < 1.29 is 4.21 Å². The van der Waals surface area contributed by atoms with Gasteiger partial charge in [0.25, 0.3) is 0 Å². The molecule has 0 fully saturated rings. The molecule has 1 aromatic carbocycles. The summed E-state index contributed by atoms with van der Waals surface area (Å²) in [5.74, 6) is 0. The van der Waals surface area contributed by atoms with Gasteiger partial charge in [-0.25, -0.2) is 4.21 Å². The average molecular weight is 223 g/mol. The lowest BCUT2D eigenvalue weighted by atomic mass is 10.1. The Morgan fingerprint density at radius 1 is 1.60 bits per heavy atom. The fourth-order valence-corrected chi connectivity index (χ4v) is 2.24. The van der Waals surface area contributed by atoms with Crippen molar-refractivity contribution in [1.29, 1.82) is 5.26 Å². The van der Waals surface area contributed by atoms with Crippen molar-refractivity contribution in [2.75, 3.05) is 6.26 Å². The SMILES string of the molecule is Cc1cc([S@](C)(=O)=NC#N)ccc1CN. The summed E-state index contributed by atoms with van der Waals surface area (Å²) < 4.78 is 15.3. The molecule has 2 N–H and O–H groups in total. The first-order valence-electron chi connectivity index (χ1n) is 4.41. The van der Waals surface area contributed by atoms with Crippen LogP contribution in [0.1, 0.15) is 11.1 Å². The van der Waals surface area contributed by atoms with Gasteiger partial charge in [0.1, 0.15) is 0 Å². The van der Waals surface area contributed by atoms with E-state index >= 15 is 0 Å². The van der Waals surface area contributed by atoms with E-state index in [2.05, 4.69) is 4.36 Å². The topological polar surface area (TPSA) is 79.2 Å². The highest BCUT2D eigenvalue weighted by atomic mass is 32.2. The molecular weight excluding hydrogens is 210 g/mol. The lowest BCUT2D eigenvalue weighted by molar-refractivity contribution is 0.680. The zero-order valence-corrected chi connectivity index (χ0v) is 9.54. The first-order chi connectivity index (χ1) is 7.01. The quantitative estimate of drug-likeness (QED) is 0.769. The Bertz CT molecular complexity index is 522. The lowest BCUT2D eigenvalue weighted by Crippen LogP contribution is -2.02. The molecule has 0 aliphatic rings. The summed E-state index contributed by atoms with van der Waals surface area (Å²) >= 11 is 0. The molecule has 0 bridgehead atoms. The molecule has 1 aromatic rings. The second kappa shape index (κ2) is 4.43. The van der Waals surface area contributed by atoms with Crippen LogP contribution in [0.2, 0.25) is 0 Å². The minimum Gasteiger partial charge on any atom is -0.326 e. The van der Waals surface area contributed by atoms with Gasteiger partial charge in [0.2, 0.25) is 6.19 Å². The van der Waals surface area contributed by atoms with Crippen molar-refractivity contribution >= 4 is 9.73 Å².